The summed E-state index contributed by atoms with van der Waals surface area (Å²) in [6.45, 7) is 2.90. The van der Waals surface area contributed by atoms with Crippen LogP contribution in [0.3, 0.4) is 0 Å². The van der Waals surface area contributed by atoms with Crippen molar-refractivity contribution in [3.05, 3.63) is 54.1 Å². The minimum Gasteiger partial charge on any atom is -0.339 e. The topological polar surface area (TPSA) is 116 Å². The molecule has 0 unspecified atom stereocenters. The van der Waals surface area contributed by atoms with Crippen molar-refractivity contribution in [3.63, 3.8) is 0 Å². The lowest BCUT2D eigenvalue weighted by Crippen LogP contribution is -2.39. The predicted molar refractivity (Wildman–Crippen MR) is 102 cm³/mol. The number of aryl methyl sites for hydroxylation is 1. The van der Waals surface area contributed by atoms with Crippen LogP contribution in [0.5, 0.6) is 0 Å². The number of nitrogens with one attached hydrogen (secondary N) is 4. The van der Waals surface area contributed by atoms with Crippen LogP contribution in [0, 0.1) is 6.92 Å². The number of benzene rings is 2. The van der Waals surface area contributed by atoms with Crippen molar-refractivity contribution < 1.29 is 19.2 Å². The lowest BCUT2D eigenvalue weighted by Gasteiger charge is -2.09. The number of hydrogen-bond acceptors (Lipinski definition) is 4. The van der Waals surface area contributed by atoms with E-state index in [1.165, 1.54) is 6.92 Å². The number of carbonyl (C=O) groups is 4. The first-order chi connectivity index (χ1) is 12.8. The highest BCUT2D eigenvalue weighted by atomic mass is 16.2. The van der Waals surface area contributed by atoms with Crippen molar-refractivity contribution in [1.29, 1.82) is 0 Å². The minimum absolute atomic E-state index is 0.213. The molecule has 4 amide bonds. The van der Waals surface area contributed by atoms with Gasteiger partial charge in [0, 0.05) is 24.0 Å². The molecule has 27 heavy (non-hydrogen) atoms. The minimum atomic E-state index is -0.930. The summed E-state index contributed by atoms with van der Waals surface area (Å²) in [5.41, 5.74) is 2.48. The number of rotatable bonds is 5. The van der Waals surface area contributed by atoms with Gasteiger partial charge in [0.05, 0.1) is 6.54 Å². The summed E-state index contributed by atoms with van der Waals surface area (Å²) in [5.74, 6) is -2.48. The molecule has 8 heteroatoms. The maximum absolute atomic E-state index is 11.9. The molecule has 0 saturated carbocycles. The van der Waals surface area contributed by atoms with Gasteiger partial charge < -0.3 is 21.3 Å². The lowest BCUT2D eigenvalue weighted by molar-refractivity contribution is -0.136. The molecule has 0 aromatic heterocycles. The van der Waals surface area contributed by atoms with Crippen molar-refractivity contribution in [2.75, 3.05) is 22.5 Å². The molecule has 2 rings (SSSR count). The molecule has 0 aliphatic rings. The van der Waals surface area contributed by atoms with E-state index in [4.69, 9.17) is 0 Å². The Morgan fingerprint density at radius 1 is 0.778 bits per heavy atom. The van der Waals surface area contributed by atoms with Crippen LogP contribution in [0.1, 0.15) is 12.5 Å². The Kier molecular flexibility index (Phi) is 6.65. The molecule has 0 saturated heterocycles. The van der Waals surface area contributed by atoms with Crippen molar-refractivity contribution in [1.82, 2.24) is 5.32 Å². The highest BCUT2D eigenvalue weighted by Crippen LogP contribution is 2.14. The molecule has 0 atom stereocenters. The normalized spacial score (nSPS) is 9.85. The monoisotopic (exact) mass is 368 g/mol. The second-order valence-corrected chi connectivity index (χ2v) is 5.76. The Balaban J connectivity index is 1.81. The molecular formula is C19H20N4O4. The molecule has 0 spiro atoms. The second kappa shape index (κ2) is 9.14. The average molecular weight is 368 g/mol. The fraction of sp³-hybridized carbons (Fsp3) is 0.158. The van der Waals surface area contributed by atoms with Crippen LogP contribution in [-0.4, -0.2) is 30.2 Å². The van der Waals surface area contributed by atoms with Crippen molar-refractivity contribution in [2.24, 2.45) is 0 Å². The summed E-state index contributed by atoms with van der Waals surface area (Å²) in [4.78, 5) is 46.5. The number of amides is 4. The van der Waals surface area contributed by atoms with E-state index < -0.39 is 17.7 Å². The molecule has 0 fully saturated rings. The standard InChI is InChI=1S/C19H20N4O4/c1-12-5-3-4-6-16(12)23-17(25)11-20-18(26)19(27)22-15-9-7-14(8-10-15)21-13(2)24/h3-10H,11H2,1-2H3,(H,20,26)(H,21,24)(H,22,27)(H,23,25). The largest absolute Gasteiger partial charge is 0.339 e. The van der Waals surface area contributed by atoms with E-state index in [-0.39, 0.29) is 12.5 Å². The van der Waals surface area contributed by atoms with Crippen LogP contribution in [0.15, 0.2) is 48.5 Å². The van der Waals surface area contributed by atoms with Crippen LogP contribution in [0.4, 0.5) is 17.1 Å². The second-order valence-electron chi connectivity index (χ2n) is 5.76. The third kappa shape index (κ3) is 6.28. The SMILES string of the molecule is CC(=O)Nc1ccc(NC(=O)C(=O)NCC(=O)Nc2ccccc2C)cc1. The van der Waals surface area contributed by atoms with Crippen LogP contribution >= 0.6 is 0 Å². The Morgan fingerprint density at radius 2 is 1.37 bits per heavy atom. The summed E-state index contributed by atoms with van der Waals surface area (Å²) in [6.07, 6.45) is 0. The molecule has 2 aromatic carbocycles. The predicted octanol–water partition coefficient (Wildman–Crippen LogP) is 1.65. The van der Waals surface area contributed by atoms with E-state index in [0.717, 1.165) is 5.56 Å². The Morgan fingerprint density at radius 3 is 1.96 bits per heavy atom. The molecular weight excluding hydrogens is 348 g/mol. The fourth-order valence-electron chi connectivity index (χ4n) is 2.18. The summed E-state index contributed by atoms with van der Waals surface area (Å²) < 4.78 is 0. The molecule has 4 N–H and O–H groups in total. The van der Waals surface area contributed by atoms with Crippen LogP contribution < -0.4 is 21.3 Å². The highest BCUT2D eigenvalue weighted by molar-refractivity contribution is 6.39. The number of hydrogen-bond donors (Lipinski definition) is 4. The van der Waals surface area contributed by atoms with Gasteiger partial charge in [-0.05, 0) is 42.8 Å². The molecule has 0 aliphatic carbocycles. The molecule has 140 valence electrons. The van der Waals surface area contributed by atoms with Crippen molar-refractivity contribution in [2.45, 2.75) is 13.8 Å². The van der Waals surface area contributed by atoms with Gasteiger partial charge in [0.15, 0.2) is 0 Å². The Labute approximate surface area is 156 Å². The fourth-order valence-corrected chi connectivity index (χ4v) is 2.18. The zero-order chi connectivity index (χ0) is 19.8. The van der Waals surface area contributed by atoms with E-state index in [1.807, 2.05) is 19.1 Å². The first-order valence-corrected chi connectivity index (χ1v) is 8.17. The van der Waals surface area contributed by atoms with Gasteiger partial charge in [0.1, 0.15) is 0 Å². The van der Waals surface area contributed by atoms with Gasteiger partial charge in [-0.2, -0.15) is 0 Å². The maximum Gasteiger partial charge on any atom is 0.313 e. The smallest absolute Gasteiger partial charge is 0.313 e. The molecule has 2 aromatic rings. The Hall–Kier alpha value is -3.68. The third-order valence-electron chi connectivity index (χ3n) is 3.50. The number of para-hydroxylation sites is 1. The summed E-state index contributed by atoms with van der Waals surface area (Å²) in [7, 11) is 0. The van der Waals surface area contributed by atoms with Gasteiger partial charge in [-0.1, -0.05) is 18.2 Å². The van der Waals surface area contributed by atoms with E-state index in [2.05, 4.69) is 21.3 Å². The first-order valence-electron chi connectivity index (χ1n) is 8.17. The van der Waals surface area contributed by atoms with Gasteiger partial charge >= 0.3 is 11.8 Å². The van der Waals surface area contributed by atoms with Gasteiger partial charge in [0.2, 0.25) is 11.8 Å². The molecule has 8 nitrogen and oxygen atoms in total. The summed E-state index contributed by atoms with van der Waals surface area (Å²) in [6, 6.07) is 13.5. The van der Waals surface area contributed by atoms with Gasteiger partial charge in [-0.15, -0.1) is 0 Å². The first kappa shape index (κ1) is 19.6. The van der Waals surface area contributed by atoms with E-state index in [0.29, 0.717) is 17.1 Å². The molecule has 0 radical (unpaired) electrons. The quantitative estimate of drug-likeness (QED) is 0.600. The summed E-state index contributed by atoms with van der Waals surface area (Å²) >= 11 is 0. The number of carbonyl (C=O) groups excluding carboxylic acids is 4. The maximum atomic E-state index is 11.9. The van der Waals surface area contributed by atoms with Gasteiger partial charge in [0.25, 0.3) is 0 Å². The van der Waals surface area contributed by atoms with Gasteiger partial charge in [-0.3, -0.25) is 19.2 Å². The molecule has 0 bridgehead atoms. The molecule has 0 heterocycles. The van der Waals surface area contributed by atoms with Crippen LogP contribution in [0.25, 0.3) is 0 Å². The van der Waals surface area contributed by atoms with Crippen LogP contribution in [-0.2, 0) is 19.2 Å². The summed E-state index contributed by atoms with van der Waals surface area (Å²) in [5, 5.41) is 9.91. The zero-order valence-electron chi connectivity index (χ0n) is 15.0. The Bertz CT molecular complexity index is 862. The van der Waals surface area contributed by atoms with Gasteiger partial charge in [-0.25, -0.2) is 0 Å². The van der Waals surface area contributed by atoms with E-state index >= 15 is 0 Å². The lowest BCUT2D eigenvalue weighted by atomic mass is 10.2. The average Bonchev–Trinajstić information content (AvgIpc) is 2.62. The van der Waals surface area contributed by atoms with Crippen LogP contribution in [0.2, 0.25) is 0 Å². The van der Waals surface area contributed by atoms with E-state index in [1.54, 1.807) is 36.4 Å². The number of anilines is 3. The zero-order valence-corrected chi connectivity index (χ0v) is 15.0. The van der Waals surface area contributed by atoms with Crippen molar-refractivity contribution in [3.8, 4) is 0 Å². The highest BCUT2D eigenvalue weighted by Gasteiger charge is 2.15. The third-order valence-corrected chi connectivity index (χ3v) is 3.50. The van der Waals surface area contributed by atoms with Crippen molar-refractivity contribution >= 4 is 40.7 Å². The van der Waals surface area contributed by atoms with E-state index in [9.17, 15) is 19.2 Å². The molecule has 0 aliphatic heterocycles.